The predicted molar refractivity (Wildman–Crippen MR) is 98.2 cm³/mol. The number of fused-ring (bicyclic) bond motifs is 5. The van der Waals surface area contributed by atoms with Crippen LogP contribution in [0.1, 0.15) is 78.1 Å². The smallest absolute Gasteiger partial charge is 0.306 e. The largest absolute Gasteiger partial charge is 0.462 e. The van der Waals surface area contributed by atoms with E-state index in [1.807, 2.05) is 0 Å². The number of hydrogen-bond donors (Lipinski definition) is 1. The van der Waals surface area contributed by atoms with Crippen LogP contribution in [0.5, 0.6) is 0 Å². The van der Waals surface area contributed by atoms with Crippen LogP contribution in [0.25, 0.3) is 0 Å². The van der Waals surface area contributed by atoms with Crippen molar-refractivity contribution in [1.82, 2.24) is 5.32 Å². The van der Waals surface area contributed by atoms with Crippen molar-refractivity contribution in [3.8, 4) is 0 Å². The maximum atomic E-state index is 12.9. The third-order valence-corrected chi connectivity index (χ3v) is 9.16. The molecule has 1 saturated heterocycles. The molecule has 0 aromatic carbocycles. The topological polar surface area (TPSA) is 55.4 Å². The first-order valence-electron chi connectivity index (χ1n) is 10.9. The van der Waals surface area contributed by atoms with Crippen LogP contribution in [0.2, 0.25) is 0 Å². The minimum absolute atomic E-state index is 0.00394. The maximum Gasteiger partial charge on any atom is 0.306 e. The fraction of sp³-hybridized carbons (Fsp3) is 0.909. The van der Waals surface area contributed by atoms with Crippen LogP contribution in [0.4, 0.5) is 0 Å². The third-order valence-electron chi connectivity index (χ3n) is 9.16. The Bertz CT molecular complexity index is 629. The Labute approximate surface area is 156 Å². The molecule has 0 bridgehead atoms. The number of hydrogen-bond acceptors (Lipinski definition) is 3. The zero-order valence-corrected chi connectivity index (χ0v) is 16.3. The molecular formula is C22H33NO3. The third kappa shape index (κ3) is 2.39. The Kier molecular flexibility index (Phi) is 3.75. The number of carbonyl (C=O) groups is 2. The Hall–Kier alpha value is -1.06. The van der Waals surface area contributed by atoms with Crippen molar-refractivity contribution in [3.05, 3.63) is 0 Å². The fourth-order valence-electron chi connectivity index (χ4n) is 7.51. The molecule has 4 aliphatic carbocycles. The molecule has 4 saturated carbocycles. The van der Waals surface area contributed by atoms with Crippen LogP contribution in [0.15, 0.2) is 0 Å². The maximum absolute atomic E-state index is 12.9. The van der Waals surface area contributed by atoms with E-state index in [0.29, 0.717) is 36.1 Å². The van der Waals surface area contributed by atoms with E-state index in [9.17, 15) is 9.59 Å². The molecule has 4 heteroatoms. The van der Waals surface area contributed by atoms with Gasteiger partial charge in [0.2, 0.25) is 5.91 Å². The minimum Gasteiger partial charge on any atom is -0.462 e. The van der Waals surface area contributed by atoms with Gasteiger partial charge in [0, 0.05) is 23.8 Å². The highest BCUT2D eigenvalue weighted by Gasteiger charge is 2.62. The Morgan fingerprint density at radius 1 is 0.962 bits per heavy atom. The second-order valence-corrected chi connectivity index (χ2v) is 10.4. The molecule has 7 atom stereocenters. The molecule has 1 aliphatic heterocycles. The Morgan fingerprint density at radius 2 is 1.73 bits per heavy atom. The first-order valence-corrected chi connectivity index (χ1v) is 10.9. The van der Waals surface area contributed by atoms with Crippen molar-refractivity contribution < 1.29 is 14.3 Å². The SMILES string of the molecule is C[C@]12CCC3C(CC[C@H]4OC(=O)CC[C@]34C)C1CC[C@@H]2C(=O)NC1CC1. The van der Waals surface area contributed by atoms with Crippen molar-refractivity contribution in [2.24, 2.45) is 34.5 Å². The molecule has 1 N–H and O–H groups in total. The quantitative estimate of drug-likeness (QED) is 0.763. The summed E-state index contributed by atoms with van der Waals surface area (Å²) in [6.45, 7) is 4.79. The van der Waals surface area contributed by atoms with Crippen LogP contribution < -0.4 is 5.32 Å². The molecule has 0 radical (unpaired) electrons. The van der Waals surface area contributed by atoms with E-state index in [1.54, 1.807) is 0 Å². The van der Waals surface area contributed by atoms with Gasteiger partial charge in [0.05, 0.1) is 0 Å². The van der Waals surface area contributed by atoms with Crippen LogP contribution in [0.3, 0.4) is 0 Å². The molecule has 0 aromatic heterocycles. The van der Waals surface area contributed by atoms with Gasteiger partial charge in [0.15, 0.2) is 0 Å². The molecule has 0 aromatic rings. The normalized spacial score (nSPS) is 50.2. The molecule has 144 valence electrons. The van der Waals surface area contributed by atoms with Gasteiger partial charge in [-0.3, -0.25) is 9.59 Å². The lowest BCUT2D eigenvalue weighted by Crippen LogP contribution is -2.57. The minimum atomic E-state index is 0.00394. The summed E-state index contributed by atoms with van der Waals surface area (Å²) in [6, 6.07) is 0.466. The zero-order chi connectivity index (χ0) is 18.1. The first-order chi connectivity index (χ1) is 12.4. The van der Waals surface area contributed by atoms with Crippen molar-refractivity contribution in [3.63, 3.8) is 0 Å². The molecule has 4 nitrogen and oxygen atoms in total. The zero-order valence-electron chi connectivity index (χ0n) is 16.3. The van der Waals surface area contributed by atoms with Gasteiger partial charge >= 0.3 is 5.97 Å². The molecular weight excluding hydrogens is 326 g/mol. The number of amides is 1. The van der Waals surface area contributed by atoms with Crippen LogP contribution in [-0.4, -0.2) is 24.0 Å². The van der Waals surface area contributed by atoms with Gasteiger partial charge in [-0.1, -0.05) is 13.8 Å². The average molecular weight is 360 g/mol. The second kappa shape index (κ2) is 5.72. The number of nitrogens with one attached hydrogen (secondary N) is 1. The summed E-state index contributed by atoms with van der Waals surface area (Å²) in [6.07, 6.45) is 10.9. The highest BCUT2D eigenvalue weighted by molar-refractivity contribution is 5.80. The number of ether oxygens (including phenoxy) is 1. The highest BCUT2D eigenvalue weighted by Crippen LogP contribution is 2.66. The summed E-state index contributed by atoms with van der Waals surface area (Å²) >= 11 is 0. The molecule has 0 spiro atoms. The van der Waals surface area contributed by atoms with Gasteiger partial charge in [0.1, 0.15) is 6.10 Å². The summed E-state index contributed by atoms with van der Waals surface area (Å²) in [4.78, 5) is 24.7. The van der Waals surface area contributed by atoms with Crippen LogP contribution >= 0.6 is 0 Å². The molecule has 5 aliphatic rings. The lowest BCUT2D eigenvalue weighted by molar-refractivity contribution is -0.192. The van der Waals surface area contributed by atoms with E-state index >= 15 is 0 Å². The summed E-state index contributed by atoms with van der Waals surface area (Å²) in [5.41, 5.74) is 0.335. The number of carbonyl (C=O) groups excluding carboxylic acids is 2. The van der Waals surface area contributed by atoms with E-state index in [4.69, 9.17) is 4.74 Å². The van der Waals surface area contributed by atoms with Gasteiger partial charge in [-0.25, -0.2) is 0 Å². The van der Waals surface area contributed by atoms with Gasteiger partial charge in [-0.15, -0.1) is 0 Å². The van der Waals surface area contributed by atoms with E-state index in [-0.39, 0.29) is 28.8 Å². The van der Waals surface area contributed by atoms with Gasteiger partial charge in [-0.2, -0.15) is 0 Å². The fourth-order valence-corrected chi connectivity index (χ4v) is 7.51. The monoisotopic (exact) mass is 359 g/mol. The molecule has 5 fully saturated rings. The van der Waals surface area contributed by atoms with Crippen molar-refractivity contribution >= 4 is 11.9 Å². The first kappa shape index (κ1) is 17.1. The molecule has 5 rings (SSSR count). The molecule has 1 amide bonds. The average Bonchev–Trinajstić information content (AvgIpc) is 3.34. The van der Waals surface area contributed by atoms with Crippen molar-refractivity contribution in [2.45, 2.75) is 90.2 Å². The Morgan fingerprint density at radius 3 is 2.50 bits per heavy atom. The Balaban J connectivity index is 1.37. The summed E-state index contributed by atoms with van der Waals surface area (Å²) in [7, 11) is 0. The predicted octanol–water partition coefficient (Wildman–Crippen LogP) is 3.83. The van der Waals surface area contributed by atoms with Crippen LogP contribution in [0, 0.1) is 34.5 Å². The number of esters is 1. The van der Waals surface area contributed by atoms with Gasteiger partial charge in [-0.05, 0) is 81.0 Å². The summed E-state index contributed by atoms with van der Waals surface area (Å²) in [5.74, 6) is 2.60. The van der Waals surface area contributed by atoms with E-state index in [2.05, 4.69) is 19.2 Å². The van der Waals surface area contributed by atoms with E-state index in [1.165, 1.54) is 32.1 Å². The van der Waals surface area contributed by atoms with Gasteiger partial charge in [0.25, 0.3) is 0 Å². The van der Waals surface area contributed by atoms with Gasteiger partial charge < -0.3 is 10.1 Å². The lowest BCUT2D eigenvalue weighted by Gasteiger charge is -2.59. The highest BCUT2D eigenvalue weighted by atomic mass is 16.5. The second-order valence-electron chi connectivity index (χ2n) is 10.4. The van der Waals surface area contributed by atoms with Crippen molar-refractivity contribution in [1.29, 1.82) is 0 Å². The van der Waals surface area contributed by atoms with E-state index < -0.39 is 0 Å². The molecule has 1 heterocycles. The molecule has 26 heavy (non-hydrogen) atoms. The lowest BCUT2D eigenvalue weighted by atomic mass is 9.47. The summed E-state index contributed by atoms with van der Waals surface area (Å²) in [5, 5.41) is 3.29. The molecule has 3 unspecified atom stereocenters. The number of rotatable bonds is 2. The van der Waals surface area contributed by atoms with Crippen molar-refractivity contribution in [2.75, 3.05) is 0 Å². The van der Waals surface area contributed by atoms with E-state index in [0.717, 1.165) is 25.7 Å². The van der Waals surface area contributed by atoms with Crippen LogP contribution in [-0.2, 0) is 14.3 Å². The standard InChI is InChI=1S/C22H33NO3/c1-21-11-9-16-14(5-8-18-22(16,2)12-10-19(24)26-18)15(21)6-7-17(21)20(25)23-13-3-4-13/h13-18H,3-12H2,1-2H3,(H,23,25)/t14?,15?,16?,17-,18-,21+,22-/m1/s1. The summed E-state index contributed by atoms with van der Waals surface area (Å²) < 4.78 is 5.79.